The topological polar surface area (TPSA) is 72.9 Å². The van der Waals surface area contributed by atoms with Crippen LogP contribution in [0.5, 0.6) is 0 Å². The van der Waals surface area contributed by atoms with Crippen molar-refractivity contribution in [2.24, 2.45) is 5.73 Å². The van der Waals surface area contributed by atoms with Gasteiger partial charge in [-0.3, -0.25) is 9.48 Å². The quantitative estimate of drug-likeness (QED) is 0.767. The van der Waals surface area contributed by atoms with Crippen LogP contribution in [0.15, 0.2) is 6.20 Å². The van der Waals surface area contributed by atoms with Gasteiger partial charge in [0.15, 0.2) is 0 Å². The van der Waals surface area contributed by atoms with Crippen molar-refractivity contribution in [3.8, 4) is 0 Å². The van der Waals surface area contributed by atoms with Crippen LogP contribution in [0.4, 0.5) is 0 Å². The van der Waals surface area contributed by atoms with Crippen molar-refractivity contribution in [2.45, 2.75) is 65.5 Å². The third kappa shape index (κ3) is 3.60. The highest BCUT2D eigenvalue weighted by Gasteiger charge is 2.27. The lowest BCUT2D eigenvalue weighted by atomic mass is 9.89. The van der Waals surface area contributed by atoms with Gasteiger partial charge in [-0.1, -0.05) is 20.8 Å². The van der Waals surface area contributed by atoms with Crippen LogP contribution in [-0.2, 0) is 6.54 Å². The number of carbonyl (C=O) groups excluding carboxylic acids is 1. The molecule has 1 rings (SSSR count). The standard InChI is InChI=1S/C15H28N4O/c1-5-15(6-2,7-3)18-14(20)13-11-17-19(12(13)4)10-8-9-16/h11H,5-10,16H2,1-4H3,(H,18,20). The van der Waals surface area contributed by atoms with Gasteiger partial charge in [-0.25, -0.2) is 0 Å². The van der Waals surface area contributed by atoms with E-state index in [1.54, 1.807) is 6.20 Å². The number of nitrogens with two attached hydrogens (primary N) is 1. The van der Waals surface area contributed by atoms with E-state index in [0.29, 0.717) is 12.1 Å². The highest BCUT2D eigenvalue weighted by molar-refractivity contribution is 5.95. The Balaban J connectivity index is 2.85. The molecule has 3 N–H and O–H groups in total. The molecule has 0 fully saturated rings. The first-order chi connectivity index (χ1) is 9.53. The van der Waals surface area contributed by atoms with Gasteiger partial charge in [0.1, 0.15) is 0 Å². The number of amides is 1. The summed E-state index contributed by atoms with van der Waals surface area (Å²) in [6, 6.07) is 0. The number of aryl methyl sites for hydroxylation is 1. The van der Waals surface area contributed by atoms with Crippen molar-refractivity contribution in [1.82, 2.24) is 15.1 Å². The molecule has 0 atom stereocenters. The van der Waals surface area contributed by atoms with E-state index in [0.717, 1.165) is 37.9 Å². The molecule has 0 bridgehead atoms. The molecule has 5 heteroatoms. The van der Waals surface area contributed by atoms with E-state index >= 15 is 0 Å². The second-order valence-electron chi connectivity index (χ2n) is 5.30. The number of hydrogen-bond acceptors (Lipinski definition) is 3. The average molecular weight is 280 g/mol. The minimum absolute atomic E-state index is 0.0213. The van der Waals surface area contributed by atoms with Crippen molar-refractivity contribution >= 4 is 5.91 Å². The van der Waals surface area contributed by atoms with E-state index in [9.17, 15) is 4.79 Å². The smallest absolute Gasteiger partial charge is 0.255 e. The summed E-state index contributed by atoms with van der Waals surface area (Å²) in [6.07, 6.45) is 5.34. The lowest BCUT2D eigenvalue weighted by Gasteiger charge is -2.31. The molecule has 1 amide bonds. The van der Waals surface area contributed by atoms with E-state index in [1.165, 1.54) is 0 Å². The minimum atomic E-state index is -0.108. The van der Waals surface area contributed by atoms with E-state index in [4.69, 9.17) is 5.73 Å². The summed E-state index contributed by atoms with van der Waals surface area (Å²) in [7, 11) is 0. The molecule has 5 nitrogen and oxygen atoms in total. The van der Waals surface area contributed by atoms with Gasteiger partial charge in [0.2, 0.25) is 0 Å². The van der Waals surface area contributed by atoms with Crippen LogP contribution in [-0.4, -0.2) is 27.8 Å². The summed E-state index contributed by atoms with van der Waals surface area (Å²) < 4.78 is 1.85. The Morgan fingerprint density at radius 3 is 2.45 bits per heavy atom. The van der Waals surface area contributed by atoms with Crippen LogP contribution < -0.4 is 11.1 Å². The lowest BCUT2D eigenvalue weighted by molar-refractivity contribution is 0.0887. The Hall–Kier alpha value is -1.36. The molecule has 0 aliphatic carbocycles. The molecule has 1 heterocycles. The molecular weight excluding hydrogens is 252 g/mol. The first-order valence-corrected chi connectivity index (χ1v) is 7.58. The van der Waals surface area contributed by atoms with Gasteiger partial charge in [-0.2, -0.15) is 5.10 Å². The zero-order valence-corrected chi connectivity index (χ0v) is 13.2. The van der Waals surface area contributed by atoms with Crippen LogP contribution in [0.2, 0.25) is 0 Å². The molecule has 0 unspecified atom stereocenters. The molecular formula is C15H28N4O. The third-order valence-corrected chi connectivity index (χ3v) is 4.33. The highest BCUT2D eigenvalue weighted by Crippen LogP contribution is 2.20. The lowest BCUT2D eigenvalue weighted by Crippen LogP contribution is -2.47. The maximum atomic E-state index is 12.5. The second kappa shape index (κ2) is 7.43. The first kappa shape index (κ1) is 16.7. The summed E-state index contributed by atoms with van der Waals surface area (Å²) in [5.41, 5.74) is 6.98. The third-order valence-electron chi connectivity index (χ3n) is 4.33. The second-order valence-corrected chi connectivity index (χ2v) is 5.30. The molecule has 0 spiro atoms. The number of carbonyl (C=O) groups is 1. The number of aromatic nitrogens is 2. The van der Waals surface area contributed by atoms with Crippen molar-refractivity contribution in [3.63, 3.8) is 0 Å². The van der Waals surface area contributed by atoms with Gasteiger partial charge in [-0.05, 0) is 39.2 Å². The minimum Gasteiger partial charge on any atom is -0.347 e. The number of rotatable bonds is 8. The zero-order valence-electron chi connectivity index (χ0n) is 13.2. The summed E-state index contributed by atoms with van der Waals surface area (Å²) in [6.45, 7) is 9.67. The Labute approximate surface area is 121 Å². The molecule has 1 aromatic heterocycles. The maximum absolute atomic E-state index is 12.5. The Morgan fingerprint density at radius 1 is 1.35 bits per heavy atom. The van der Waals surface area contributed by atoms with Gasteiger partial charge >= 0.3 is 0 Å². The Kier molecular flexibility index (Phi) is 6.20. The molecule has 1 aromatic rings. The fourth-order valence-corrected chi connectivity index (χ4v) is 2.46. The molecule has 20 heavy (non-hydrogen) atoms. The van der Waals surface area contributed by atoms with Gasteiger partial charge in [0.05, 0.1) is 11.8 Å². The van der Waals surface area contributed by atoms with Crippen molar-refractivity contribution in [1.29, 1.82) is 0 Å². The van der Waals surface area contributed by atoms with Crippen LogP contribution in [0.3, 0.4) is 0 Å². The largest absolute Gasteiger partial charge is 0.347 e. The summed E-state index contributed by atoms with van der Waals surface area (Å²) >= 11 is 0. The fourth-order valence-electron chi connectivity index (χ4n) is 2.46. The van der Waals surface area contributed by atoms with E-state index in [2.05, 4.69) is 31.2 Å². The van der Waals surface area contributed by atoms with Crippen molar-refractivity contribution in [2.75, 3.05) is 6.54 Å². The Bertz CT molecular complexity index is 427. The van der Waals surface area contributed by atoms with E-state index < -0.39 is 0 Å². The molecule has 0 aliphatic heterocycles. The highest BCUT2D eigenvalue weighted by atomic mass is 16.1. The van der Waals surface area contributed by atoms with Gasteiger partial charge in [0.25, 0.3) is 5.91 Å². The first-order valence-electron chi connectivity index (χ1n) is 7.58. The SMILES string of the molecule is CCC(CC)(CC)NC(=O)c1cnn(CCCN)c1C. The van der Waals surface area contributed by atoms with Crippen molar-refractivity contribution in [3.05, 3.63) is 17.5 Å². The van der Waals surface area contributed by atoms with Gasteiger partial charge < -0.3 is 11.1 Å². The van der Waals surface area contributed by atoms with Crippen LogP contribution in [0.25, 0.3) is 0 Å². The predicted octanol–water partition coefficient (Wildman–Crippen LogP) is 2.24. The number of hydrogen-bond donors (Lipinski definition) is 2. The molecule has 0 saturated heterocycles. The zero-order chi connectivity index (χ0) is 15.2. The molecule has 0 aromatic carbocycles. The monoisotopic (exact) mass is 280 g/mol. The van der Waals surface area contributed by atoms with E-state index in [1.807, 2.05) is 11.6 Å². The van der Waals surface area contributed by atoms with Crippen LogP contribution >= 0.6 is 0 Å². The average Bonchev–Trinajstić information content (AvgIpc) is 2.83. The Morgan fingerprint density at radius 2 is 1.95 bits per heavy atom. The predicted molar refractivity (Wildman–Crippen MR) is 81.7 cm³/mol. The summed E-state index contributed by atoms with van der Waals surface area (Å²) in [5.74, 6) is -0.0213. The summed E-state index contributed by atoms with van der Waals surface area (Å²) in [4.78, 5) is 12.5. The number of nitrogens with one attached hydrogen (secondary N) is 1. The number of nitrogens with zero attached hydrogens (tertiary/aromatic N) is 2. The maximum Gasteiger partial charge on any atom is 0.255 e. The van der Waals surface area contributed by atoms with Gasteiger partial charge in [-0.15, -0.1) is 0 Å². The molecule has 0 radical (unpaired) electrons. The molecule has 0 aliphatic rings. The van der Waals surface area contributed by atoms with Gasteiger partial charge in [0, 0.05) is 17.8 Å². The van der Waals surface area contributed by atoms with Crippen LogP contribution in [0, 0.1) is 6.92 Å². The molecule has 114 valence electrons. The fraction of sp³-hybridized carbons (Fsp3) is 0.733. The van der Waals surface area contributed by atoms with Crippen molar-refractivity contribution < 1.29 is 4.79 Å². The normalized spacial score (nSPS) is 11.7. The summed E-state index contributed by atoms with van der Waals surface area (Å²) in [5, 5.41) is 7.47. The van der Waals surface area contributed by atoms with Crippen LogP contribution in [0.1, 0.15) is 62.5 Å². The van der Waals surface area contributed by atoms with E-state index in [-0.39, 0.29) is 11.4 Å². The molecule has 0 saturated carbocycles.